The highest BCUT2D eigenvalue weighted by Crippen LogP contribution is 2.52. The summed E-state index contributed by atoms with van der Waals surface area (Å²) in [7, 11) is 2.13. The number of nitrogens with zero attached hydrogens (tertiary/aromatic N) is 1. The van der Waals surface area contributed by atoms with Crippen molar-refractivity contribution in [2.75, 3.05) is 11.9 Å². The molecule has 7 rings (SSSR count). The second-order valence-corrected chi connectivity index (χ2v) is 15.9. The molecule has 2 nitrogen and oxygen atoms in total. The number of allylic oxidation sites excluding steroid dienone is 3. The number of H-pyrrole nitrogens is 1. The van der Waals surface area contributed by atoms with Crippen LogP contribution in [0.15, 0.2) is 59.9 Å². The van der Waals surface area contributed by atoms with E-state index in [0.29, 0.717) is 5.56 Å². The molecule has 3 aromatic carbocycles. The SMILES string of the molecule is C1CC(C2CCCCC3CCC32)C1.CC/C=C/c1c(C)c(N(C)/C(C)=C(/C)CC)cc(C)c1-c1cccc2c(Cc3cc(F)c(F)c(F)c3)c[nH]c12. The monoisotopic (exact) mass is 708 g/mol. The summed E-state index contributed by atoms with van der Waals surface area (Å²) in [5.74, 6) is 0.923. The minimum atomic E-state index is -1.44. The molecule has 3 fully saturated rings. The molecule has 3 aliphatic carbocycles. The lowest BCUT2D eigenvalue weighted by atomic mass is 9.59. The van der Waals surface area contributed by atoms with Gasteiger partial charge in [0.2, 0.25) is 0 Å². The van der Waals surface area contributed by atoms with Gasteiger partial charge in [-0.05, 0) is 141 Å². The number of aromatic nitrogens is 1. The second-order valence-electron chi connectivity index (χ2n) is 15.9. The van der Waals surface area contributed by atoms with Gasteiger partial charge in [-0.1, -0.05) is 88.3 Å². The zero-order chi connectivity index (χ0) is 37.1. The van der Waals surface area contributed by atoms with E-state index in [4.69, 9.17) is 0 Å². The van der Waals surface area contributed by atoms with Gasteiger partial charge in [0.05, 0.1) is 5.52 Å². The fourth-order valence-corrected chi connectivity index (χ4v) is 9.26. The van der Waals surface area contributed by atoms with Crippen LogP contribution in [-0.2, 0) is 6.42 Å². The highest BCUT2D eigenvalue weighted by atomic mass is 19.2. The number of aryl methyl sites for hydroxylation is 1. The van der Waals surface area contributed by atoms with E-state index in [9.17, 15) is 13.2 Å². The van der Waals surface area contributed by atoms with Crippen molar-refractivity contribution in [1.82, 2.24) is 4.98 Å². The van der Waals surface area contributed by atoms with Gasteiger partial charge in [-0.2, -0.15) is 0 Å². The molecule has 3 saturated carbocycles. The number of hydrogen-bond acceptors (Lipinski definition) is 1. The number of fused-ring (bicyclic) bond motifs is 2. The highest BCUT2D eigenvalue weighted by Gasteiger charge is 2.42. The summed E-state index contributed by atoms with van der Waals surface area (Å²) in [6, 6.07) is 10.5. The van der Waals surface area contributed by atoms with Gasteiger partial charge in [0, 0.05) is 35.6 Å². The number of para-hydroxylation sites is 1. The summed E-state index contributed by atoms with van der Waals surface area (Å²) in [5, 5.41) is 0.971. The number of nitrogens with one attached hydrogen (secondary N) is 1. The van der Waals surface area contributed by atoms with Crippen LogP contribution in [-0.4, -0.2) is 12.0 Å². The maximum Gasteiger partial charge on any atom is 0.194 e. The summed E-state index contributed by atoms with van der Waals surface area (Å²) in [5.41, 5.74) is 11.8. The molecule has 0 bridgehead atoms. The van der Waals surface area contributed by atoms with Gasteiger partial charge in [0.25, 0.3) is 0 Å². The van der Waals surface area contributed by atoms with Crippen molar-refractivity contribution in [1.29, 1.82) is 0 Å². The zero-order valence-corrected chi connectivity index (χ0v) is 32.6. The Hall–Kier alpha value is -3.73. The first-order valence-corrected chi connectivity index (χ1v) is 20.0. The Balaban J connectivity index is 0.000000294. The number of halogens is 3. The number of aromatic amines is 1. The lowest BCUT2D eigenvalue weighted by Gasteiger charge is -2.46. The van der Waals surface area contributed by atoms with Crippen LogP contribution in [0, 0.1) is 55.0 Å². The Morgan fingerprint density at radius 2 is 1.54 bits per heavy atom. The third-order valence-corrected chi connectivity index (χ3v) is 13.0. The molecule has 4 aromatic rings. The lowest BCUT2D eigenvalue weighted by molar-refractivity contribution is 0.0405. The average Bonchev–Trinajstić information content (AvgIpc) is 3.44. The van der Waals surface area contributed by atoms with Gasteiger partial charge in [-0.25, -0.2) is 13.2 Å². The van der Waals surface area contributed by atoms with Crippen LogP contribution in [0.4, 0.5) is 18.9 Å². The van der Waals surface area contributed by atoms with E-state index >= 15 is 0 Å². The Kier molecular flexibility index (Phi) is 12.1. The molecule has 3 atom stereocenters. The lowest BCUT2D eigenvalue weighted by Crippen LogP contribution is -2.37. The van der Waals surface area contributed by atoms with Crippen LogP contribution >= 0.6 is 0 Å². The van der Waals surface area contributed by atoms with Crippen molar-refractivity contribution in [3.63, 3.8) is 0 Å². The van der Waals surface area contributed by atoms with E-state index in [2.05, 4.69) is 82.8 Å². The largest absolute Gasteiger partial charge is 0.360 e. The number of hydrogen-bond donors (Lipinski definition) is 1. The minimum Gasteiger partial charge on any atom is -0.360 e. The molecular formula is C47H59F3N2. The third kappa shape index (κ3) is 7.66. The molecule has 3 unspecified atom stereocenters. The van der Waals surface area contributed by atoms with E-state index in [1.54, 1.807) is 57.8 Å². The van der Waals surface area contributed by atoms with Gasteiger partial charge >= 0.3 is 0 Å². The van der Waals surface area contributed by atoms with E-state index in [1.807, 2.05) is 18.3 Å². The van der Waals surface area contributed by atoms with Crippen LogP contribution in [0.2, 0.25) is 0 Å². The molecule has 5 heteroatoms. The predicted molar refractivity (Wildman–Crippen MR) is 214 cm³/mol. The molecule has 0 aliphatic heterocycles. The van der Waals surface area contributed by atoms with Crippen LogP contribution in [0.1, 0.15) is 126 Å². The molecule has 1 aromatic heterocycles. The van der Waals surface area contributed by atoms with Crippen molar-refractivity contribution < 1.29 is 13.2 Å². The molecule has 0 saturated heterocycles. The highest BCUT2D eigenvalue weighted by molar-refractivity contribution is 6.00. The summed E-state index contributed by atoms with van der Waals surface area (Å²) in [4.78, 5) is 5.70. The molecule has 278 valence electrons. The van der Waals surface area contributed by atoms with Gasteiger partial charge in [-0.3, -0.25) is 0 Å². The fourth-order valence-electron chi connectivity index (χ4n) is 9.26. The molecule has 0 spiro atoms. The number of benzene rings is 3. The van der Waals surface area contributed by atoms with E-state index in [0.717, 1.165) is 58.1 Å². The van der Waals surface area contributed by atoms with Crippen molar-refractivity contribution in [3.05, 3.63) is 105 Å². The molecule has 52 heavy (non-hydrogen) atoms. The molecular weight excluding hydrogens is 650 g/mol. The summed E-state index contributed by atoms with van der Waals surface area (Å²) in [6.45, 7) is 13.0. The van der Waals surface area contributed by atoms with Crippen molar-refractivity contribution in [2.24, 2.45) is 23.7 Å². The quantitative estimate of drug-likeness (QED) is 0.172. The second kappa shape index (κ2) is 16.5. The topological polar surface area (TPSA) is 19.0 Å². The van der Waals surface area contributed by atoms with Gasteiger partial charge in [0.1, 0.15) is 0 Å². The first-order valence-electron chi connectivity index (χ1n) is 20.0. The zero-order valence-electron chi connectivity index (χ0n) is 32.6. The third-order valence-electron chi connectivity index (χ3n) is 13.0. The Labute approximate surface area is 310 Å². The van der Waals surface area contributed by atoms with Crippen LogP contribution in [0.25, 0.3) is 28.1 Å². The van der Waals surface area contributed by atoms with Crippen LogP contribution in [0.3, 0.4) is 0 Å². The van der Waals surface area contributed by atoms with Crippen molar-refractivity contribution >= 4 is 22.7 Å². The minimum absolute atomic E-state index is 0.282. The van der Waals surface area contributed by atoms with E-state index < -0.39 is 17.5 Å². The van der Waals surface area contributed by atoms with Crippen molar-refractivity contribution in [2.45, 2.75) is 119 Å². The van der Waals surface area contributed by atoms with Gasteiger partial charge in [0.15, 0.2) is 17.5 Å². The predicted octanol–water partition coefficient (Wildman–Crippen LogP) is 14.0. The summed E-state index contributed by atoms with van der Waals surface area (Å²) >= 11 is 0. The Morgan fingerprint density at radius 1 is 0.865 bits per heavy atom. The van der Waals surface area contributed by atoms with E-state index in [1.165, 1.54) is 51.8 Å². The summed E-state index contributed by atoms with van der Waals surface area (Å²) in [6.07, 6.45) is 22.6. The Morgan fingerprint density at radius 3 is 2.17 bits per heavy atom. The maximum absolute atomic E-state index is 13.9. The van der Waals surface area contributed by atoms with E-state index in [-0.39, 0.29) is 6.42 Å². The van der Waals surface area contributed by atoms with Crippen LogP contribution < -0.4 is 4.90 Å². The molecule has 0 radical (unpaired) electrons. The first-order chi connectivity index (χ1) is 25.0. The van der Waals surface area contributed by atoms with Crippen molar-refractivity contribution in [3.8, 4) is 11.1 Å². The van der Waals surface area contributed by atoms with Gasteiger partial charge < -0.3 is 9.88 Å². The average molecular weight is 709 g/mol. The molecule has 1 N–H and O–H groups in total. The maximum atomic E-state index is 13.9. The normalized spacial score (nSPS) is 20.8. The molecule has 0 amide bonds. The number of rotatable bonds is 9. The molecule has 3 aliphatic rings. The summed E-state index contributed by atoms with van der Waals surface area (Å²) < 4.78 is 41.2. The number of anilines is 1. The van der Waals surface area contributed by atoms with Gasteiger partial charge in [-0.15, -0.1) is 0 Å². The van der Waals surface area contributed by atoms with Crippen LogP contribution in [0.5, 0.6) is 0 Å². The first kappa shape index (κ1) is 38.0. The molecule has 1 heterocycles. The Bertz CT molecular complexity index is 1920. The fraction of sp³-hybridized carbons (Fsp3) is 0.489. The standard InChI is InChI=1S/C34H37F3N2.C13H22/c1-8-10-12-26-22(5)31(39(7)23(6)20(3)9-2)15-21(4)32(26)28-14-11-13-27-25(19-38-34(27)28)16-24-17-29(35)33(37)30(36)18-24;1-2-7-12(10-5-3-6-10)13-9-8-11(13)4-1/h10-15,17-19,38H,8-9,16H2,1-7H3;10-13H,1-9H2/b12-10+,23-20-;. The smallest absolute Gasteiger partial charge is 0.194 e.